The van der Waals surface area contributed by atoms with Crippen LogP contribution in [0.3, 0.4) is 0 Å². The second-order valence-corrected chi connectivity index (χ2v) is 7.89. The number of aliphatic imine (C=N–C) groups is 1. The minimum atomic E-state index is -2.74. The van der Waals surface area contributed by atoms with E-state index in [4.69, 9.17) is 15.2 Å². The summed E-state index contributed by atoms with van der Waals surface area (Å²) in [6.07, 6.45) is 0.489. The number of nitrogens with one attached hydrogen (secondary N) is 2. The maximum Gasteiger partial charge on any atom is 0.435 e. The van der Waals surface area contributed by atoms with E-state index in [2.05, 4.69) is 15.6 Å². The van der Waals surface area contributed by atoms with Gasteiger partial charge in [-0.1, -0.05) is 38.5 Å². The molecule has 1 aliphatic rings. The number of nitrogens with two attached hydrogens (primary N) is 1. The number of amidine groups is 1. The van der Waals surface area contributed by atoms with Crippen LogP contribution in [0.4, 0.5) is 4.79 Å². The number of carbonyl (C=O) groups excluding carboxylic acids is 3. The second-order valence-electron chi connectivity index (χ2n) is 7.89. The van der Waals surface area contributed by atoms with Crippen LogP contribution in [0.15, 0.2) is 35.3 Å². The van der Waals surface area contributed by atoms with Crippen molar-refractivity contribution in [2.24, 2.45) is 10.7 Å². The van der Waals surface area contributed by atoms with Gasteiger partial charge in [0.2, 0.25) is 0 Å². The van der Waals surface area contributed by atoms with Gasteiger partial charge in [-0.2, -0.15) is 4.99 Å². The van der Waals surface area contributed by atoms with Crippen molar-refractivity contribution in [1.29, 1.82) is 0 Å². The molecule has 1 unspecified atom stereocenters. The predicted molar refractivity (Wildman–Crippen MR) is 123 cm³/mol. The van der Waals surface area contributed by atoms with Crippen molar-refractivity contribution >= 4 is 29.6 Å². The first-order chi connectivity index (χ1) is 16.2. The summed E-state index contributed by atoms with van der Waals surface area (Å²) in [5.74, 6) is -3.73. The summed E-state index contributed by atoms with van der Waals surface area (Å²) >= 11 is 0. The molecule has 1 aromatic carbocycles. The monoisotopic (exact) mass is 476 g/mol. The number of carboxylic acid groups (broad SMARTS) is 1. The fourth-order valence-electron chi connectivity index (χ4n) is 3.51. The number of carboxylic acids is 1. The highest BCUT2D eigenvalue weighted by Gasteiger charge is 2.55. The smallest absolute Gasteiger partial charge is 0.435 e. The van der Waals surface area contributed by atoms with Crippen molar-refractivity contribution in [2.45, 2.75) is 57.3 Å². The molecular formula is C23H32N4O7. The summed E-state index contributed by atoms with van der Waals surface area (Å²) in [4.78, 5) is 54.2. The maximum atomic E-state index is 13.0. The van der Waals surface area contributed by atoms with Crippen molar-refractivity contribution in [3.05, 3.63) is 35.9 Å². The molecule has 2 amide bonds. The number of benzene rings is 1. The largest absolute Gasteiger partial charge is 0.477 e. The van der Waals surface area contributed by atoms with Gasteiger partial charge in [0, 0.05) is 12.0 Å². The average molecular weight is 477 g/mol. The van der Waals surface area contributed by atoms with Gasteiger partial charge in [-0.25, -0.2) is 9.59 Å². The molecule has 0 aromatic heterocycles. The van der Waals surface area contributed by atoms with E-state index in [9.17, 15) is 24.3 Å². The lowest BCUT2D eigenvalue weighted by Crippen LogP contribution is -2.68. The lowest BCUT2D eigenvalue weighted by molar-refractivity contribution is -0.193. The first kappa shape index (κ1) is 26.9. The molecule has 1 aliphatic heterocycles. The molecule has 2 rings (SSSR count). The summed E-state index contributed by atoms with van der Waals surface area (Å²) in [7, 11) is 0. The SMILES string of the molecule is CCCCOC(=O)N=C(N)C1(OC(NC(=O)c2ccccc2)(C(=O)O)C(=O)CC)CCNCC1. The highest BCUT2D eigenvalue weighted by molar-refractivity contribution is 6.11. The first-order valence-corrected chi connectivity index (χ1v) is 11.3. The van der Waals surface area contributed by atoms with Gasteiger partial charge in [0.15, 0.2) is 5.78 Å². The van der Waals surface area contributed by atoms with Gasteiger partial charge in [-0.3, -0.25) is 9.59 Å². The van der Waals surface area contributed by atoms with Crippen LogP contribution < -0.4 is 16.4 Å². The van der Waals surface area contributed by atoms with E-state index < -0.39 is 35.1 Å². The molecule has 186 valence electrons. The number of ether oxygens (including phenoxy) is 2. The van der Waals surface area contributed by atoms with Gasteiger partial charge >= 0.3 is 17.8 Å². The van der Waals surface area contributed by atoms with Crippen LogP contribution in [0.1, 0.15) is 56.3 Å². The molecule has 1 fully saturated rings. The van der Waals surface area contributed by atoms with E-state index in [0.717, 1.165) is 6.42 Å². The molecule has 0 spiro atoms. The van der Waals surface area contributed by atoms with Crippen molar-refractivity contribution in [3.63, 3.8) is 0 Å². The minimum absolute atomic E-state index is 0.109. The predicted octanol–water partition coefficient (Wildman–Crippen LogP) is 1.61. The van der Waals surface area contributed by atoms with E-state index in [1.54, 1.807) is 18.2 Å². The molecule has 0 bridgehead atoms. The number of aliphatic carboxylic acids is 1. The molecule has 0 aliphatic carbocycles. The quantitative estimate of drug-likeness (QED) is 0.122. The standard InChI is InChI=1S/C23H32N4O7/c1-3-5-15-33-21(32)26-19(24)22(11-13-25-14-12-22)34-23(20(30)31,17(28)4-2)27-18(29)16-9-7-6-8-10-16/h6-10,25H,3-5,11-15H2,1-2H3,(H,27,29)(H,30,31)(H2,24,26,32). The molecule has 0 saturated carbocycles. The molecule has 1 atom stereocenters. The topological polar surface area (TPSA) is 169 Å². The van der Waals surface area contributed by atoms with Gasteiger partial charge in [-0.15, -0.1) is 0 Å². The highest BCUT2D eigenvalue weighted by atomic mass is 16.6. The normalized spacial score (nSPS) is 17.3. The van der Waals surface area contributed by atoms with Gasteiger partial charge in [0.1, 0.15) is 11.4 Å². The van der Waals surface area contributed by atoms with Gasteiger partial charge in [-0.05, 0) is 44.5 Å². The van der Waals surface area contributed by atoms with Crippen molar-refractivity contribution in [2.75, 3.05) is 19.7 Å². The number of hydrogen-bond acceptors (Lipinski definition) is 7. The van der Waals surface area contributed by atoms with Crippen LogP contribution in [-0.4, -0.2) is 65.7 Å². The highest BCUT2D eigenvalue weighted by Crippen LogP contribution is 2.31. The van der Waals surface area contributed by atoms with Gasteiger partial charge < -0.3 is 30.9 Å². The molecule has 1 saturated heterocycles. The maximum absolute atomic E-state index is 13.0. The molecule has 34 heavy (non-hydrogen) atoms. The molecule has 1 heterocycles. The zero-order chi connectivity index (χ0) is 25.2. The first-order valence-electron chi connectivity index (χ1n) is 11.3. The van der Waals surface area contributed by atoms with E-state index in [1.165, 1.54) is 19.1 Å². The Hall–Kier alpha value is -3.31. The lowest BCUT2D eigenvalue weighted by Gasteiger charge is -2.42. The summed E-state index contributed by atoms with van der Waals surface area (Å²) in [5, 5.41) is 15.5. The number of nitrogens with zero attached hydrogens (tertiary/aromatic N) is 1. The Kier molecular flexibility index (Phi) is 9.69. The van der Waals surface area contributed by atoms with Crippen molar-refractivity contribution in [3.8, 4) is 0 Å². The molecule has 5 N–H and O–H groups in total. The van der Waals surface area contributed by atoms with E-state index in [0.29, 0.717) is 19.5 Å². The lowest BCUT2D eigenvalue weighted by atomic mass is 9.89. The molecule has 1 aromatic rings. The third-order valence-corrected chi connectivity index (χ3v) is 5.50. The Morgan fingerprint density at radius 1 is 1.18 bits per heavy atom. The number of ketones is 1. The second kappa shape index (κ2) is 12.2. The Labute approximate surface area is 198 Å². The number of unbranched alkanes of at least 4 members (excludes halogenated alkanes) is 1. The fraction of sp³-hybridized carbons (Fsp3) is 0.522. The molecule has 0 radical (unpaired) electrons. The van der Waals surface area contributed by atoms with Crippen LogP contribution in [0.2, 0.25) is 0 Å². The van der Waals surface area contributed by atoms with Crippen LogP contribution >= 0.6 is 0 Å². The van der Waals surface area contributed by atoms with Crippen molar-refractivity contribution in [1.82, 2.24) is 10.6 Å². The average Bonchev–Trinajstić information content (AvgIpc) is 2.84. The van der Waals surface area contributed by atoms with Crippen LogP contribution in [-0.2, 0) is 19.1 Å². The minimum Gasteiger partial charge on any atom is -0.477 e. The number of hydrogen-bond donors (Lipinski definition) is 4. The number of amides is 2. The van der Waals surface area contributed by atoms with Gasteiger partial charge in [0.25, 0.3) is 5.91 Å². The number of carbonyl (C=O) groups is 4. The molecular weight excluding hydrogens is 444 g/mol. The summed E-state index contributed by atoms with van der Waals surface area (Å²) in [6.45, 7) is 4.24. The Morgan fingerprint density at radius 3 is 2.38 bits per heavy atom. The fourth-order valence-corrected chi connectivity index (χ4v) is 3.51. The van der Waals surface area contributed by atoms with Gasteiger partial charge in [0.05, 0.1) is 6.61 Å². The third-order valence-electron chi connectivity index (χ3n) is 5.50. The third kappa shape index (κ3) is 6.39. The van der Waals surface area contributed by atoms with Crippen LogP contribution in [0, 0.1) is 0 Å². The summed E-state index contributed by atoms with van der Waals surface area (Å²) in [5.41, 5.74) is 1.95. The van der Waals surface area contributed by atoms with Crippen molar-refractivity contribution < 1.29 is 33.8 Å². The molecule has 11 nitrogen and oxygen atoms in total. The Bertz CT molecular complexity index is 913. The number of rotatable bonds is 11. The van der Waals surface area contributed by atoms with E-state index in [-0.39, 0.29) is 37.3 Å². The van der Waals surface area contributed by atoms with Crippen LogP contribution in [0.25, 0.3) is 0 Å². The van der Waals surface area contributed by atoms with E-state index >= 15 is 0 Å². The Morgan fingerprint density at radius 2 is 1.82 bits per heavy atom. The van der Waals surface area contributed by atoms with E-state index in [1.807, 2.05) is 6.92 Å². The Balaban J connectivity index is 2.46. The zero-order valence-corrected chi connectivity index (χ0v) is 19.5. The summed E-state index contributed by atoms with van der Waals surface area (Å²) < 4.78 is 11.0. The number of Topliss-reactive ketones (excluding diaryl/α,β-unsaturated/α-hetero) is 1. The zero-order valence-electron chi connectivity index (χ0n) is 19.5. The van der Waals surface area contributed by atoms with Crippen LogP contribution in [0.5, 0.6) is 0 Å². The summed E-state index contributed by atoms with van der Waals surface area (Å²) in [6, 6.07) is 7.84. The molecule has 11 heteroatoms. The number of piperidine rings is 1.